The van der Waals surface area contributed by atoms with Gasteiger partial charge in [0.05, 0.1) is 25.0 Å². The van der Waals surface area contributed by atoms with Gasteiger partial charge in [0.2, 0.25) is 5.78 Å². The van der Waals surface area contributed by atoms with Gasteiger partial charge in [-0.15, -0.1) is 0 Å². The van der Waals surface area contributed by atoms with Gasteiger partial charge in [0, 0.05) is 11.0 Å². The van der Waals surface area contributed by atoms with Crippen LogP contribution in [0.15, 0.2) is 27.8 Å². The molecule has 0 spiro atoms. The van der Waals surface area contributed by atoms with E-state index in [0.717, 1.165) is 12.8 Å². The molecule has 1 saturated heterocycles. The molecule has 2 aliphatic rings. The Labute approximate surface area is 117 Å². The second-order valence-corrected chi connectivity index (χ2v) is 4.89. The summed E-state index contributed by atoms with van der Waals surface area (Å²) in [7, 11) is -0.739. The number of ketones is 2. The van der Waals surface area contributed by atoms with E-state index in [2.05, 4.69) is 0 Å². The lowest BCUT2D eigenvalue weighted by Gasteiger charge is -2.18. The number of hydrogen-bond acceptors (Lipinski definition) is 5. The van der Waals surface area contributed by atoms with Crippen molar-refractivity contribution in [2.75, 3.05) is 13.2 Å². The molecule has 3 rings (SSSR count). The molecule has 2 heterocycles. The molecular weight excluding hydrogens is 259 g/mol. The first-order chi connectivity index (χ1) is 9.74. The van der Waals surface area contributed by atoms with Crippen LogP contribution in [-0.4, -0.2) is 31.9 Å². The molecule has 0 amide bonds. The standard InChI is InChI=1S/C14H15BO5/c1-2-3-4-9-11(15-19-7-8-20-15)13(17)14-10(12(9)16)5-6-18-14/h5-6H,2-4,7-8H2,1H3. The van der Waals surface area contributed by atoms with Crippen molar-refractivity contribution >= 4 is 18.7 Å². The van der Waals surface area contributed by atoms with Gasteiger partial charge in [0.1, 0.15) is 0 Å². The third-order valence-corrected chi connectivity index (χ3v) is 3.60. The van der Waals surface area contributed by atoms with E-state index in [1.54, 1.807) is 6.07 Å². The van der Waals surface area contributed by atoms with E-state index in [-0.39, 0.29) is 17.3 Å². The van der Waals surface area contributed by atoms with E-state index in [1.165, 1.54) is 6.26 Å². The summed E-state index contributed by atoms with van der Waals surface area (Å²) in [5, 5.41) is 0. The van der Waals surface area contributed by atoms with Crippen LogP contribution in [0.25, 0.3) is 0 Å². The predicted octanol–water partition coefficient (Wildman–Crippen LogP) is 2.22. The molecule has 1 aliphatic carbocycles. The minimum atomic E-state index is -0.739. The van der Waals surface area contributed by atoms with Gasteiger partial charge < -0.3 is 13.7 Å². The van der Waals surface area contributed by atoms with Gasteiger partial charge in [-0.3, -0.25) is 9.59 Å². The molecule has 1 fully saturated rings. The van der Waals surface area contributed by atoms with E-state index < -0.39 is 7.12 Å². The molecule has 0 N–H and O–H groups in total. The van der Waals surface area contributed by atoms with E-state index in [0.29, 0.717) is 36.2 Å². The highest BCUT2D eigenvalue weighted by Gasteiger charge is 2.43. The highest BCUT2D eigenvalue weighted by Crippen LogP contribution is 2.32. The lowest BCUT2D eigenvalue weighted by molar-refractivity contribution is 0.0955. The van der Waals surface area contributed by atoms with Gasteiger partial charge in [-0.05, 0) is 18.9 Å². The van der Waals surface area contributed by atoms with Crippen LogP contribution in [0.5, 0.6) is 0 Å². The van der Waals surface area contributed by atoms with E-state index in [4.69, 9.17) is 13.7 Å². The number of rotatable bonds is 4. The number of Topliss-reactive ketones (excluding diaryl/α,β-unsaturated/α-hetero) is 2. The Morgan fingerprint density at radius 2 is 1.95 bits per heavy atom. The van der Waals surface area contributed by atoms with Crippen LogP contribution < -0.4 is 0 Å². The molecule has 1 aromatic heterocycles. The van der Waals surface area contributed by atoms with Gasteiger partial charge in [-0.25, -0.2) is 0 Å². The molecule has 104 valence electrons. The molecule has 20 heavy (non-hydrogen) atoms. The number of fused-ring (bicyclic) bond motifs is 1. The highest BCUT2D eigenvalue weighted by molar-refractivity contribution is 6.65. The molecule has 0 radical (unpaired) electrons. The van der Waals surface area contributed by atoms with Gasteiger partial charge in [0.15, 0.2) is 11.5 Å². The quantitative estimate of drug-likeness (QED) is 0.787. The number of unbranched alkanes of at least 4 members (excludes halogenated alkanes) is 1. The second kappa shape index (κ2) is 5.38. The SMILES string of the molecule is CCCCC1=C(B2OCCO2)C(=O)c2occc2C1=O. The van der Waals surface area contributed by atoms with Crippen LogP contribution in [0.1, 0.15) is 47.1 Å². The molecule has 0 saturated carbocycles. The molecule has 0 aromatic carbocycles. The van der Waals surface area contributed by atoms with Crippen molar-refractivity contribution in [2.24, 2.45) is 0 Å². The zero-order valence-corrected chi connectivity index (χ0v) is 11.3. The molecular formula is C14H15BO5. The first-order valence-corrected chi connectivity index (χ1v) is 6.87. The third-order valence-electron chi connectivity index (χ3n) is 3.60. The maximum atomic E-state index is 12.5. The fourth-order valence-electron chi connectivity index (χ4n) is 2.58. The maximum Gasteiger partial charge on any atom is 0.498 e. The largest absolute Gasteiger partial charge is 0.498 e. The summed E-state index contributed by atoms with van der Waals surface area (Å²) in [6.45, 7) is 2.91. The topological polar surface area (TPSA) is 65.7 Å². The summed E-state index contributed by atoms with van der Waals surface area (Å²) >= 11 is 0. The first kappa shape index (κ1) is 13.3. The monoisotopic (exact) mass is 274 g/mol. The minimum Gasteiger partial charge on any atom is -0.460 e. The number of carbonyl (C=O) groups is 2. The molecule has 0 unspecified atom stereocenters. The highest BCUT2D eigenvalue weighted by atomic mass is 16.6. The summed E-state index contributed by atoms with van der Waals surface area (Å²) in [6, 6.07) is 1.55. The van der Waals surface area contributed by atoms with Gasteiger partial charge >= 0.3 is 7.12 Å². The van der Waals surface area contributed by atoms with Crippen molar-refractivity contribution in [1.82, 2.24) is 0 Å². The molecule has 1 aliphatic heterocycles. The first-order valence-electron chi connectivity index (χ1n) is 6.87. The van der Waals surface area contributed by atoms with E-state index in [9.17, 15) is 9.59 Å². The van der Waals surface area contributed by atoms with Crippen molar-refractivity contribution in [2.45, 2.75) is 26.2 Å². The Balaban J connectivity index is 2.05. The lowest BCUT2D eigenvalue weighted by atomic mass is 9.67. The molecule has 1 aromatic rings. The van der Waals surface area contributed by atoms with Crippen LogP contribution in [0.2, 0.25) is 0 Å². The Bertz CT molecular complexity index is 580. The predicted molar refractivity (Wildman–Crippen MR) is 71.6 cm³/mol. The van der Waals surface area contributed by atoms with Crippen molar-refractivity contribution in [3.8, 4) is 0 Å². The van der Waals surface area contributed by atoms with Gasteiger partial charge in [0.25, 0.3) is 0 Å². The van der Waals surface area contributed by atoms with Gasteiger partial charge in [-0.1, -0.05) is 13.3 Å². The van der Waals surface area contributed by atoms with Crippen LogP contribution in [0, 0.1) is 0 Å². The average molecular weight is 274 g/mol. The summed E-state index contributed by atoms with van der Waals surface area (Å²) in [5.41, 5.74) is 1.18. The van der Waals surface area contributed by atoms with Crippen LogP contribution in [-0.2, 0) is 9.31 Å². The zero-order valence-electron chi connectivity index (χ0n) is 11.3. The molecule has 0 bridgehead atoms. The van der Waals surface area contributed by atoms with Crippen LogP contribution in [0.4, 0.5) is 0 Å². The normalized spacial score (nSPS) is 18.9. The third kappa shape index (κ3) is 2.05. The summed E-state index contributed by atoms with van der Waals surface area (Å²) < 4.78 is 16.0. The van der Waals surface area contributed by atoms with Crippen LogP contribution >= 0.6 is 0 Å². The number of allylic oxidation sites excluding steroid dienone is 2. The maximum absolute atomic E-state index is 12.5. The van der Waals surface area contributed by atoms with Crippen LogP contribution in [0.3, 0.4) is 0 Å². The summed E-state index contributed by atoms with van der Waals surface area (Å²) in [6.07, 6.45) is 3.72. The minimum absolute atomic E-state index is 0.101. The number of hydrogen-bond donors (Lipinski definition) is 0. The van der Waals surface area contributed by atoms with E-state index in [1.807, 2.05) is 6.92 Å². The molecule has 0 atom stereocenters. The Morgan fingerprint density at radius 1 is 1.20 bits per heavy atom. The van der Waals surface area contributed by atoms with Crippen molar-refractivity contribution in [3.05, 3.63) is 34.7 Å². The summed E-state index contributed by atoms with van der Waals surface area (Å²) in [4.78, 5) is 25.0. The van der Waals surface area contributed by atoms with Crippen molar-refractivity contribution in [1.29, 1.82) is 0 Å². The number of carbonyl (C=O) groups excluding carboxylic acids is 2. The Hall–Kier alpha value is -1.66. The van der Waals surface area contributed by atoms with Crippen molar-refractivity contribution < 1.29 is 23.3 Å². The zero-order chi connectivity index (χ0) is 14.1. The summed E-state index contributed by atoms with van der Waals surface area (Å²) in [5.74, 6) is -0.331. The van der Waals surface area contributed by atoms with Gasteiger partial charge in [-0.2, -0.15) is 0 Å². The second-order valence-electron chi connectivity index (χ2n) is 4.89. The lowest BCUT2D eigenvalue weighted by Crippen LogP contribution is -2.32. The fourth-order valence-corrected chi connectivity index (χ4v) is 2.58. The van der Waals surface area contributed by atoms with Crippen molar-refractivity contribution in [3.63, 3.8) is 0 Å². The smallest absolute Gasteiger partial charge is 0.460 e. The average Bonchev–Trinajstić information content (AvgIpc) is 3.11. The fraction of sp³-hybridized carbons (Fsp3) is 0.429. The molecule has 5 nitrogen and oxygen atoms in total. The van der Waals surface area contributed by atoms with E-state index >= 15 is 0 Å². The Morgan fingerprint density at radius 3 is 2.65 bits per heavy atom. The number of furan rings is 1. The Kier molecular flexibility index (Phi) is 3.59. The molecule has 6 heteroatoms.